The van der Waals surface area contributed by atoms with Crippen molar-refractivity contribution in [1.82, 2.24) is 20.5 Å². The van der Waals surface area contributed by atoms with Gasteiger partial charge in [-0.1, -0.05) is 30.8 Å². The molecule has 1 unspecified atom stereocenters. The number of hydrogen-bond acceptors (Lipinski definition) is 5. The number of thioether (sulfide) groups is 1. The van der Waals surface area contributed by atoms with Crippen LogP contribution >= 0.6 is 11.8 Å². The Hall–Kier alpha value is -1.53. The molecule has 0 aliphatic carbocycles. The third-order valence-electron chi connectivity index (χ3n) is 3.01. The van der Waals surface area contributed by atoms with E-state index in [0.717, 1.165) is 29.6 Å². The van der Waals surface area contributed by atoms with Crippen LogP contribution in [0.1, 0.15) is 31.9 Å². The first-order valence-corrected chi connectivity index (χ1v) is 8.26. The normalized spacial score (nSPS) is 12.3. The number of nitrogens with one attached hydrogen (secondary N) is 2. The van der Waals surface area contributed by atoms with E-state index in [-0.39, 0.29) is 6.04 Å². The average molecular weight is 306 g/mol. The molecule has 0 spiro atoms. The first-order valence-electron chi connectivity index (χ1n) is 7.27. The van der Waals surface area contributed by atoms with Crippen LogP contribution in [0.15, 0.2) is 35.7 Å². The molecule has 1 atom stereocenters. The number of aromatic amines is 1. The number of rotatable bonds is 9. The first-order chi connectivity index (χ1) is 10.3. The molecule has 5 nitrogen and oxygen atoms in total. The molecule has 2 N–H and O–H groups in total. The Morgan fingerprint density at radius 1 is 1.29 bits per heavy atom. The third-order valence-corrected chi connectivity index (χ3v) is 3.98. The lowest BCUT2D eigenvalue weighted by molar-refractivity contribution is 0.340. The highest BCUT2D eigenvalue weighted by Gasteiger charge is 2.12. The van der Waals surface area contributed by atoms with Crippen molar-refractivity contribution in [3.63, 3.8) is 0 Å². The van der Waals surface area contributed by atoms with E-state index in [4.69, 9.17) is 4.74 Å². The van der Waals surface area contributed by atoms with Crippen molar-refractivity contribution in [1.29, 1.82) is 0 Å². The fourth-order valence-electron chi connectivity index (χ4n) is 1.98. The number of benzene rings is 1. The van der Waals surface area contributed by atoms with Crippen molar-refractivity contribution in [3.8, 4) is 5.75 Å². The van der Waals surface area contributed by atoms with Crippen molar-refractivity contribution in [2.75, 3.05) is 18.9 Å². The van der Waals surface area contributed by atoms with Crippen LogP contribution in [-0.2, 0) is 0 Å². The maximum Gasteiger partial charge on any atom is 0.183 e. The van der Waals surface area contributed by atoms with Crippen molar-refractivity contribution in [3.05, 3.63) is 36.2 Å². The van der Waals surface area contributed by atoms with Crippen molar-refractivity contribution >= 4 is 11.8 Å². The summed E-state index contributed by atoms with van der Waals surface area (Å²) in [6.07, 6.45) is 2.65. The van der Waals surface area contributed by atoms with Crippen molar-refractivity contribution < 1.29 is 4.74 Å². The zero-order valence-electron chi connectivity index (χ0n) is 12.5. The summed E-state index contributed by atoms with van der Waals surface area (Å²) in [4.78, 5) is 4.15. The molecule has 2 rings (SSSR count). The quantitative estimate of drug-likeness (QED) is 0.697. The molecular formula is C15H22N4OS. The average Bonchev–Trinajstić information content (AvgIpc) is 3.02. The van der Waals surface area contributed by atoms with Crippen LogP contribution in [0.25, 0.3) is 0 Å². The van der Waals surface area contributed by atoms with Crippen LogP contribution in [0.2, 0.25) is 0 Å². The summed E-state index contributed by atoms with van der Waals surface area (Å²) in [5.74, 6) is 1.82. The molecule has 0 saturated heterocycles. The molecule has 21 heavy (non-hydrogen) atoms. The topological polar surface area (TPSA) is 62.8 Å². The zero-order chi connectivity index (χ0) is 14.9. The van der Waals surface area contributed by atoms with E-state index in [0.29, 0.717) is 6.61 Å². The fourth-order valence-corrected chi connectivity index (χ4v) is 2.85. The Morgan fingerprint density at radius 3 is 2.71 bits per heavy atom. The van der Waals surface area contributed by atoms with Crippen LogP contribution in [0, 0.1) is 0 Å². The lowest BCUT2D eigenvalue weighted by Crippen LogP contribution is -2.24. The summed E-state index contributed by atoms with van der Waals surface area (Å²) in [6.45, 7) is 5.85. The molecule has 1 heterocycles. The summed E-state index contributed by atoms with van der Waals surface area (Å²) in [6, 6.07) is 8.59. The Bertz CT molecular complexity index is 501. The molecule has 0 aliphatic heterocycles. The van der Waals surface area contributed by atoms with E-state index in [1.807, 2.05) is 19.1 Å². The number of nitrogens with zero attached hydrogens (tertiary/aromatic N) is 2. The minimum Gasteiger partial charge on any atom is -0.494 e. The lowest BCUT2D eigenvalue weighted by atomic mass is 10.1. The highest BCUT2D eigenvalue weighted by atomic mass is 32.2. The number of ether oxygens (including phenoxy) is 1. The summed E-state index contributed by atoms with van der Waals surface area (Å²) < 4.78 is 5.49. The second kappa shape index (κ2) is 8.69. The SMILES string of the molecule is CCCNC(CSc1ncn[nH]1)c1ccc(OCC)cc1. The molecular weight excluding hydrogens is 284 g/mol. The molecule has 1 aromatic carbocycles. The van der Waals surface area contributed by atoms with Crippen LogP contribution in [0.3, 0.4) is 0 Å². The van der Waals surface area contributed by atoms with E-state index in [2.05, 4.69) is 39.6 Å². The first kappa shape index (κ1) is 15.9. The van der Waals surface area contributed by atoms with Crippen molar-refractivity contribution in [2.24, 2.45) is 0 Å². The van der Waals surface area contributed by atoms with Gasteiger partial charge >= 0.3 is 0 Å². The lowest BCUT2D eigenvalue weighted by Gasteiger charge is -2.18. The summed E-state index contributed by atoms with van der Waals surface area (Å²) in [5, 5.41) is 11.2. The number of aromatic nitrogens is 3. The number of H-pyrrole nitrogens is 1. The summed E-state index contributed by atoms with van der Waals surface area (Å²) in [5.41, 5.74) is 1.26. The third kappa shape index (κ3) is 5.06. The van der Waals surface area contributed by atoms with Gasteiger partial charge in [0.25, 0.3) is 0 Å². The van der Waals surface area contributed by atoms with Gasteiger partial charge in [0, 0.05) is 11.8 Å². The molecule has 0 radical (unpaired) electrons. The van der Waals surface area contributed by atoms with Gasteiger partial charge < -0.3 is 10.1 Å². The Balaban J connectivity index is 1.99. The van der Waals surface area contributed by atoms with Crippen LogP contribution in [0.4, 0.5) is 0 Å². The van der Waals surface area contributed by atoms with Crippen LogP contribution in [0.5, 0.6) is 5.75 Å². The van der Waals surface area contributed by atoms with E-state index in [1.165, 1.54) is 11.9 Å². The molecule has 0 amide bonds. The van der Waals surface area contributed by atoms with Gasteiger partial charge in [-0.2, -0.15) is 5.10 Å². The minimum atomic E-state index is 0.288. The fraction of sp³-hybridized carbons (Fsp3) is 0.467. The standard InChI is InChI=1S/C15H22N4OS/c1-3-9-16-14(10-21-15-17-11-18-19-15)12-5-7-13(8-6-12)20-4-2/h5-8,11,14,16H,3-4,9-10H2,1-2H3,(H,17,18,19). The monoisotopic (exact) mass is 306 g/mol. The van der Waals surface area contributed by atoms with E-state index in [9.17, 15) is 0 Å². The molecule has 0 saturated carbocycles. The van der Waals surface area contributed by atoms with E-state index >= 15 is 0 Å². The van der Waals surface area contributed by atoms with Gasteiger partial charge in [0.05, 0.1) is 6.61 Å². The van der Waals surface area contributed by atoms with Crippen LogP contribution < -0.4 is 10.1 Å². The molecule has 0 fully saturated rings. The zero-order valence-corrected chi connectivity index (χ0v) is 13.3. The molecule has 6 heteroatoms. The van der Waals surface area contributed by atoms with Gasteiger partial charge in [-0.25, -0.2) is 4.98 Å². The second-order valence-corrected chi connectivity index (χ2v) is 5.62. The maximum absolute atomic E-state index is 5.49. The molecule has 2 aromatic rings. The molecule has 0 aliphatic rings. The van der Waals surface area contributed by atoms with Gasteiger partial charge in [0.15, 0.2) is 5.16 Å². The Morgan fingerprint density at radius 2 is 2.10 bits per heavy atom. The molecule has 0 bridgehead atoms. The predicted octanol–water partition coefficient (Wildman–Crippen LogP) is 3.04. The summed E-state index contributed by atoms with van der Waals surface area (Å²) >= 11 is 1.67. The van der Waals surface area contributed by atoms with E-state index < -0.39 is 0 Å². The highest BCUT2D eigenvalue weighted by Crippen LogP contribution is 2.24. The van der Waals surface area contributed by atoms with Gasteiger partial charge in [-0.05, 0) is 37.6 Å². The predicted molar refractivity (Wildman–Crippen MR) is 85.8 cm³/mol. The molecule has 114 valence electrons. The Kier molecular flexibility index (Phi) is 6.56. The van der Waals surface area contributed by atoms with Crippen molar-refractivity contribution in [2.45, 2.75) is 31.5 Å². The maximum atomic E-state index is 5.49. The minimum absolute atomic E-state index is 0.288. The van der Waals surface area contributed by atoms with Gasteiger partial charge in [-0.15, -0.1) is 0 Å². The summed E-state index contributed by atoms with van der Waals surface area (Å²) in [7, 11) is 0. The number of hydrogen-bond donors (Lipinski definition) is 2. The van der Waals surface area contributed by atoms with Gasteiger partial charge in [0.2, 0.25) is 0 Å². The Labute approximate surface area is 129 Å². The second-order valence-electron chi connectivity index (χ2n) is 4.61. The van der Waals surface area contributed by atoms with Gasteiger partial charge in [-0.3, -0.25) is 5.10 Å². The van der Waals surface area contributed by atoms with Gasteiger partial charge in [0.1, 0.15) is 12.1 Å². The highest BCUT2D eigenvalue weighted by molar-refractivity contribution is 7.99. The largest absolute Gasteiger partial charge is 0.494 e. The van der Waals surface area contributed by atoms with E-state index in [1.54, 1.807) is 11.8 Å². The smallest absolute Gasteiger partial charge is 0.183 e. The molecule has 1 aromatic heterocycles. The van der Waals surface area contributed by atoms with Crippen LogP contribution in [-0.4, -0.2) is 34.1 Å².